The summed E-state index contributed by atoms with van der Waals surface area (Å²) in [5, 5.41) is 22.6. The number of nitrogens with one attached hydrogen (secondary N) is 1. The molecule has 2 rings (SSSR count). The normalized spacial score (nSPS) is 11.9. The van der Waals surface area contributed by atoms with E-state index < -0.39 is 6.23 Å². The number of hydrogen-bond acceptors (Lipinski definition) is 6. The Kier molecular flexibility index (Phi) is 10.5. The van der Waals surface area contributed by atoms with Crippen LogP contribution in [0.5, 0.6) is 0 Å². The van der Waals surface area contributed by atoms with Crippen LogP contribution in [0.4, 0.5) is 5.69 Å². The minimum Gasteiger partial charge on any atom is -0.396 e. The number of rotatable bonds is 13. The molecule has 29 heavy (non-hydrogen) atoms. The molecule has 0 fully saturated rings. The summed E-state index contributed by atoms with van der Waals surface area (Å²) in [6.07, 6.45) is 6.53. The average Bonchev–Trinajstić information content (AvgIpc) is 2.72. The van der Waals surface area contributed by atoms with E-state index in [0.29, 0.717) is 23.6 Å². The zero-order chi connectivity index (χ0) is 20.9. The zero-order valence-corrected chi connectivity index (χ0v) is 17.4. The molecular formula is C22H29ClN4O2. The highest BCUT2D eigenvalue weighted by molar-refractivity contribution is 6.33. The number of aliphatic hydroxyl groups excluding tert-OH is 1. The van der Waals surface area contributed by atoms with Gasteiger partial charge < -0.3 is 15.6 Å². The number of ether oxygens (including phenoxy) is 1. The van der Waals surface area contributed by atoms with Crippen molar-refractivity contribution in [2.75, 3.05) is 25.5 Å². The first-order chi connectivity index (χ1) is 14.1. The van der Waals surface area contributed by atoms with Gasteiger partial charge in [0.25, 0.3) is 0 Å². The van der Waals surface area contributed by atoms with E-state index in [1.807, 2.05) is 24.3 Å². The molecule has 0 spiro atoms. The van der Waals surface area contributed by atoms with Gasteiger partial charge in [-0.1, -0.05) is 30.5 Å². The highest BCUT2D eigenvalue weighted by Gasteiger charge is 2.10. The fourth-order valence-corrected chi connectivity index (χ4v) is 3.20. The Balaban J connectivity index is 1.49. The lowest BCUT2D eigenvalue weighted by atomic mass is 10.1. The highest BCUT2D eigenvalue weighted by Crippen LogP contribution is 2.25. The van der Waals surface area contributed by atoms with Gasteiger partial charge in [0.2, 0.25) is 0 Å². The molecule has 4 N–H and O–H groups in total. The van der Waals surface area contributed by atoms with Crippen LogP contribution in [0.3, 0.4) is 0 Å². The Labute approximate surface area is 177 Å². The Morgan fingerprint density at radius 2 is 2.03 bits per heavy atom. The van der Waals surface area contributed by atoms with E-state index in [1.165, 1.54) is 0 Å². The van der Waals surface area contributed by atoms with E-state index >= 15 is 0 Å². The van der Waals surface area contributed by atoms with Crippen molar-refractivity contribution in [2.24, 2.45) is 0 Å². The van der Waals surface area contributed by atoms with Crippen molar-refractivity contribution in [3.05, 3.63) is 58.4 Å². The Hall–Kier alpha value is -2.17. The maximum absolute atomic E-state index is 10.1. The predicted octanol–water partition coefficient (Wildman–Crippen LogP) is 3.46. The third-order valence-electron chi connectivity index (χ3n) is 4.56. The van der Waals surface area contributed by atoms with Crippen LogP contribution >= 0.6 is 11.6 Å². The topological polar surface area (TPSA) is 104 Å². The fraction of sp³-hybridized carbons (Fsp3) is 0.455. The smallest absolute Gasteiger partial charge is 0.108 e. The molecule has 0 aliphatic heterocycles. The van der Waals surface area contributed by atoms with Gasteiger partial charge in [-0.3, -0.25) is 10.3 Å². The van der Waals surface area contributed by atoms with Crippen LogP contribution < -0.4 is 11.1 Å². The minimum absolute atomic E-state index is 0.279. The summed E-state index contributed by atoms with van der Waals surface area (Å²) in [6.45, 7) is 2.20. The molecule has 1 atom stereocenters. The molecule has 0 aliphatic carbocycles. The van der Waals surface area contributed by atoms with Crippen LogP contribution in [0.25, 0.3) is 0 Å². The average molecular weight is 417 g/mol. The highest BCUT2D eigenvalue weighted by atomic mass is 35.5. The number of halogens is 1. The molecule has 0 amide bonds. The minimum atomic E-state index is -0.684. The van der Waals surface area contributed by atoms with Crippen molar-refractivity contribution in [1.29, 1.82) is 5.26 Å². The molecule has 0 aliphatic rings. The summed E-state index contributed by atoms with van der Waals surface area (Å²) in [6, 6.07) is 11.3. The second-order valence-electron chi connectivity index (χ2n) is 6.92. The van der Waals surface area contributed by atoms with Gasteiger partial charge in [-0.15, -0.1) is 0 Å². The summed E-state index contributed by atoms with van der Waals surface area (Å²) in [5.41, 5.74) is 8.19. The molecule has 0 bridgehead atoms. The molecule has 1 aromatic heterocycles. The molecule has 156 valence electrons. The Bertz CT molecular complexity index is 780. The lowest BCUT2D eigenvalue weighted by Crippen LogP contribution is -2.31. The van der Waals surface area contributed by atoms with Gasteiger partial charge in [-0.2, -0.15) is 5.26 Å². The van der Waals surface area contributed by atoms with Gasteiger partial charge in [0, 0.05) is 31.3 Å². The molecule has 0 saturated carbocycles. The van der Waals surface area contributed by atoms with Crippen molar-refractivity contribution in [1.82, 2.24) is 10.3 Å². The Morgan fingerprint density at radius 3 is 2.79 bits per heavy atom. The van der Waals surface area contributed by atoms with Crippen LogP contribution in [0.15, 0.2) is 36.5 Å². The SMILES string of the molecule is N#Cc1cc(CC(O)NCCCCCCOCCc2ccccn2)cc(Cl)c1N. The van der Waals surface area contributed by atoms with Gasteiger partial charge in [-0.25, -0.2) is 0 Å². The van der Waals surface area contributed by atoms with Crippen LogP contribution in [0.1, 0.15) is 42.5 Å². The van der Waals surface area contributed by atoms with Crippen molar-refractivity contribution in [2.45, 2.75) is 44.8 Å². The van der Waals surface area contributed by atoms with Crippen molar-refractivity contribution in [3.8, 4) is 6.07 Å². The molecule has 1 heterocycles. The maximum atomic E-state index is 10.1. The van der Waals surface area contributed by atoms with E-state index in [2.05, 4.69) is 10.3 Å². The first kappa shape index (κ1) is 23.1. The van der Waals surface area contributed by atoms with E-state index in [0.717, 1.165) is 56.5 Å². The molecule has 7 heteroatoms. The molecule has 2 aromatic rings. The first-order valence-electron chi connectivity index (χ1n) is 9.97. The van der Waals surface area contributed by atoms with Gasteiger partial charge in [0.1, 0.15) is 12.3 Å². The summed E-state index contributed by atoms with van der Waals surface area (Å²) in [5.74, 6) is 0. The van der Waals surface area contributed by atoms with Gasteiger partial charge in [-0.05, 0) is 49.2 Å². The number of nitrogens with zero attached hydrogens (tertiary/aromatic N) is 2. The number of aromatic nitrogens is 1. The number of nitrogen functional groups attached to an aromatic ring is 1. The van der Waals surface area contributed by atoms with Crippen molar-refractivity contribution < 1.29 is 9.84 Å². The number of pyridine rings is 1. The molecule has 0 radical (unpaired) electrons. The Morgan fingerprint density at radius 1 is 1.21 bits per heavy atom. The monoisotopic (exact) mass is 416 g/mol. The number of anilines is 1. The standard InChI is InChI=1S/C22H29ClN4O2/c23-20-14-17(13-18(16-24)22(20)25)15-21(28)27-10-4-1-2-6-11-29-12-8-19-7-3-5-9-26-19/h3,5,7,9,13-14,21,27-28H,1-2,4,6,8,10-12,15,25H2. The molecule has 1 aromatic carbocycles. The van der Waals surface area contributed by atoms with Gasteiger partial charge in [0.15, 0.2) is 0 Å². The summed E-state index contributed by atoms with van der Waals surface area (Å²) < 4.78 is 5.65. The van der Waals surface area contributed by atoms with Gasteiger partial charge in [0.05, 0.1) is 22.9 Å². The second kappa shape index (κ2) is 13.1. The summed E-state index contributed by atoms with van der Waals surface area (Å²) >= 11 is 6.03. The number of nitrogens with two attached hydrogens (primary N) is 1. The lowest BCUT2D eigenvalue weighted by molar-refractivity contribution is 0.130. The molecule has 1 unspecified atom stereocenters. The lowest BCUT2D eigenvalue weighted by Gasteiger charge is -2.14. The quantitative estimate of drug-likeness (QED) is 0.262. The van der Waals surface area contributed by atoms with Crippen LogP contribution in [-0.2, 0) is 17.6 Å². The van der Waals surface area contributed by atoms with Gasteiger partial charge >= 0.3 is 0 Å². The van der Waals surface area contributed by atoms with E-state index in [4.69, 9.17) is 27.3 Å². The number of aliphatic hydroxyl groups is 1. The second-order valence-corrected chi connectivity index (χ2v) is 7.33. The fourth-order valence-electron chi connectivity index (χ4n) is 2.96. The summed E-state index contributed by atoms with van der Waals surface area (Å²) in [7, 11) is 0. The predicted molar refractivity (Wildman–Crippen MR) is 116 cm³/mol. The maximum Gasteiger partial charge on any atom is 0.108 e. The molecular weight excluding hydrogens is 388 g/mol. The van der Waals surface area contributed by atoms with Crippen LogP contribution in [-0.4, -0.2) is 36.1 Å². The van der Waals surface area contributed by atoms with E-state index in [9.17, 15) is 5.11 Å². The number of hydrogen-bond donors (Lipinski definition) is 3. The summed E-state index contributed by atoms with van der Waals surface area (Å²) in [4.78, 5) is 4.27. The van der Waals surface area contributed by atoms with Crippen molar-refractivity contribution in [3.63, 3.8) is 0 Å². The third kappa shape index (κ3) is 8.80. The third-order valence-corrected chi connectivity index (χ3v) is 4.88. The number of unbranched alkanes of at least 4 members (excludes halogenated alkanes) is 3. The van der Waals surface area contributed by atoms with Crippen LogP contribution in [0, 0.1) is 11.3 Å². The molecule has 0 saturated heterocycles. The largest absolute Gasteiger partial charge is 0.396 e. The van der Waals surface area contributed by atoms with E-state index in [-0.39, 0.29) is 5.69 Å². The van der Waals surface area contributed by atoms with Crippen LogP contribution in [0.2, 0.25) is 5.02 Å². The first-order valence-corrected chi connectivity index (χ1v) is 10.3. The number of nitriles is 1. The van der Waals surface area contributed by atoms with Crippen molar-refractivity contribution >= 4 is 17.3 Å². The zero-order valence-electron chi connectivity index (χ0n) is 16.6. The van der Waals surface area contributed by atoms with E-state index in [1.54, 1.807) is 18.3 Å². The molecule has 6 nitrogen and oxygen atoms in total. The number of benzene rings is 1.